The molecule has 0 radical (unpaired) electrons. The van der Waals surface area contributed by atoms with E-state index in [2.05, 4.69) is 5.32 Å². The Bertz CT molecular complexity index is 959. The van der Waals surface area contributed by atoms with Gasteiger partial charge in [-0.25, -0.2) is 4.79 Å². The number of allylic oxidation sites excluding steroid dienone is 1. The van der Waals surface area contributed by atoms with Gasteiger partial charge in [-0.1, -0.05) is 23.9 Å². The van der Waals surface area contributed by atoms with Gasteiger partial charge in [-0.15, -0.1) is 11.8 Å². The summed E-state index contributed by atoms with van der Waals surface area (Å²) in [5, 5.41) is 11.9. The smallest absolute Gasteiger partial charge is 0.416 e. The highest BCUT2D eigenvalue weighted by Gasteiger charge is 2.31. The summed E-state index contributed by atoms with van der Waals surface area (Å²) in [6, 6.07) is 10.8. The first-order valence-electron chi connectivity index (χ1n) is 9.01. The molecule has 1 aliphatic heterocycles. The Morgan fingerprint density at radius 1 is 1.20 bits per heavy atom. The van der Waals surface area contributed by atoms with Crippen molar-refractivity contribution in [3.8, 4) is 5.75 Å². The molecule has 0 aliphatic carbocycles. The van der Waals surface area contributed by atoms with Crippen molar-refractivity contribution >= 4 is 29.5 Å². The van der Waals surface area contributed by atoms with Crippen LogP contribution in [0.4, 0.5) is 13.2 Å². The summed E-state index contributed by atoms with van der Waals surface area (Å²) in [5.41, 5.74) is 2.01. The maximum absolute atomic E-state index is 12.7. The molecule has 1 atom stereocenters. The Morgan fingerprint density at radius 2 is 1.90 bits per heavy atom. The molecule has 2 aromatic carbocycles. The fourth-order valence-electron chi connectivity index (χ4n) is 2.84. The van der Waals surface area contributed by atoms with Crippen LogP contribution in [0.25, 0.3) is 0 Å². The van der Waals surface area contributed by atoms with Crippen LogP contribution in [0.15, 0.2) is 58.0 Å². The number of hydrogen-bond acceptors (Lipinski definition) is 5. The van der Waals surface area contributed by atoms with Gasteiger partial charge in [-0.05, 0) is 55.3 Å². The predicted molar refractivity (Wildman–Crippen MR) is 113 cm³/mol. The zero-order chi connectivity index (χ0) is 21.9. The molecular formula is C21H20F3NO3S2. The topological polar surface area (TPSA) is 58.6 Å². The quantitative estimate of drug-likeness (QED) is 0.512. The number of nitrogens with one attached hydrogen (secondary N) is 1. The molecular weight excluding hydrogens is 435 g/mol. The monoisotopic (exact) mass is 455 g/mol. The van der Waals surface area contributed by atoms with E-state index < -0.39 is 17.7 Å². The standard InChI is InChI=1S/C21H20F3NO3S2/c1-12-9-16(7-8-17(12)28-10-19(26)27)29-11-18-13(2)25-20(30-18)14-3-5-15(6-4-14)21(22,23)24/h3-9,20,25H,10-11H2,1-2H3,(H,26,27). The summed E-state index contributed by atoms with van der Waals surface area (Å²) in [4.78, 5) is 12.8. The van der Waals surface area contributed by atoms with Gasteiger partial charge < -0.3 is 15.2 Å². The molecule has 3 rings (SSSR count). The maximum atomic E-state index is 12.7. The number of alkyl halides is 3. The number of rotatable bonds is 7. The SMILES string of the molecule is CC1=C(CSc2ccc(OCC(=O)O)c(C)c2)SC(c2ccc(C(F)(F)F)cc2)N1. The van der Waals surface area contributed by atoms with Crippen molar-refractivity contribution in [3.05, 3.63) is 69.8 Å². The lowest BCUT2D eigenvalue weighted by atomic mass is 10.1. The number of carboxylic acids is 1. The molecule has 0 spiro atoms. The number of ether oxygens (including phenoxy) is 1. The molecule has 0 saturated carbocycles. The van der Waals surface area contributed by atoms with E-state index in [1.54, 1.807) is 29.6 Å². The first-order valence-corrected chi connectivity index (χ1v) is 10.9. The molecule has 9 heteroatoms. The number of hydrogen-bond donors (Lipinski definition) is 2. The first-order chi connectivity index (χ1) is 14.1. The van der Waals surface area contributed by atoms with Gasteiger partial charge in [0.15, 0.2) is 6.61 Å². The molecule has 2 aromatic rings. The summed E-state index contributed by atoms with van der Waals surface area (Å²) < 4.78 is 43.5. The van der Waals surface area contributed by atoms with Crippen LogP contribution in [0.3, 0.4) is 0 Å². The second-order valence-electron chi connectivity index (χ2n) is 6.71. The summed E-state index contributed by atoms with van der Waals surface area (Å²) in [5.74, 6) is 0.232. The van der Waals surface area contributed by atoms with Gasteiger partial charge >= 0.3 is 12.1 Å². The lowest BCUT2D eigenvalue weighted by molar-refractivity contribution is -0.139. The molecule has 0 saturated heterocycles. The van der Waals surface area contributed by atoms with Crippen molar-refractivity contribution in [1.29, 1.82) is 0 Å². The van der Waals surface area contributed by atoms with Gasteiger partial charge in [0.25, 0.3) is 0 Å². The molecule has 1 aliphatic rings. The summed E-state index contributed by atoms with van der Waals surface area (Å²) >= 11 is 3.23. The summed E-state index contributed by atoms with van der Waals surface area (Å²) in [7, 11) is 0. The molecule has 0 fully saturated rings. The lowest BCUT2D eigenvalue weighted by Crippen LogP contribution is -2.12. The zero-order valence-electron chi connectivity index (χ0n) is 16.2. The lowest BCUT2D eigenvalue weighted by Gasteiger charge is -2.13. The highest BCUT2D eigenvalue weighted by molar-refractivity contribution is 8.06. The van der Waals surface area contributed by atoms with Crippen molar-refractivity contribution in [2.75, 3.05) is 12.4 Å². The third kappa shape index (κ3) is 5.66. The van der Waals surface area contributed by atoms with Crippen LogP contribution in [0, 0.1) is 6.92 Å². The van der Waals surface area contributed by atoms with Crippen LogP contribution in [-0.2, 0) is 11.0 Å². The highest BCUT2D eigenvalue weighted by Crippen LogP contribution is 2.43. The van der Waals surface area contributed by atoms with E-state index in [9.17, 15) is 18.0 Å². The Hall–Kier alpha value is -2.26. The van der Waals surface area contributed by atoms with E-state index in [-0.39, 0.29) is 12.0 Å². The van der Waals surface area contributed by atoms with E-state index >= 15 is 0 Å². The number of thioether (sulfide) groups is 2. The summed E-state index contributed by atoms with van der Waals surface area (Å²) in [6.45, 7) is 3.44. The van der Waals surface area contributed by atoms with Crippen LogP contribution >= 0.6 is 23.5 Å². The van der Waals surface area contributed by atoms with Crippen molar-refractivity contribution in [1.82, 2.24) is 5.32 Å². The number of aryl methyl sites for hydroxylation is 1. The first kappa shape index (κ1) is 22.4. The van der Waals surface area contributed by atoms with Gasteiger partial charge in [0.1, 0.15) is 11.1 Å². The predicted octanol–water partition coefficient (Wildman–Crippen LogP) is 5.84. The third-order valence-electron chi connectivity index (χ3n) is 4.43. The van der Waals surface area contributed by atoms with Crippen LogP contribution in [0.2, 0.25) is 0 Å². The van der Waals surface area contributed by atoms with E-state index in [0.717, 1.165) is 44.5 Å². The van der Waals surface area contributed by atoms with Gasteiger partial charge in [0.05, 0.1) is 5.56 Å². The van der Waals surface area contributed by atoms with E-state index in [0.29, 0.717) is 5.75 Å². The molecule has 4 nitrogen and oxygen atoms in total. The van der Waals surface area contributed by atoms with Crippen LogP contribution in [-0.4, -0.2) is 23.4 Å². The maximum Gasteiger partial charge on any atom is 0.416 e. The van der Waals surface area contributed by atoms with Crippen molar-refractivity contribution in [2.45, 2.75) is 30.3 Å². The van der Waals surface area contributed by atoms with Crippen LogP contribution in [0.1, 0.15) is 29.0 Å². The molecule has 2 N–H and O–H groups in total. The van der Waals surface area contributed by atoms with Crippen LogP contribution < -0.4 is 10.1 Å². The molecule has 1 unspecified atom stereocenters. The van der Waals surface area contributed by atoms with Gasteiger partial charge in [0, 0.05) is 21.3 Å². The number of benzene rings is 2. The minimum atomic E-state index is -4.34. The average Bonchev–Trinajstić information content (AvgIpc) is 3.05. The Morgan fingerprint density at radius 3 is 2.50 bits per heavy atom. The normalized spacial score (nSPS) is 16.5. The number of carboxylic acid groups (broad SMARTS) is 1. The molecule has 160 valence electrons. The fourth-order valence-corrected chi connectivity index (χ4v) is 5.28. The fraction of sp³-hybridized carbons (Fsp3) is 0.286. The third-order valence-corrected chi connectivity index (χ3v) is 7.00. The van der Waals surface area contributed by atoms with Gasteiger partial charge in [-0.2, -0.15) is 13.2 Å². The zero-order valence-corrected chi connectivity index (χ0v) is 17.9. The molecule has 0 bridgehead atoms. The minimum absolute atomic E-state index is 0.114. The van der Waals surface area contributed by atoms with E-state index in [4.69, 9.17) is 9.84 Å². The highest BCUT2D eigenvalue weighted by atomic mass is 32.2. The van der Waals surface area contributed by atoms with Crippen molar-refractivity contribution < 1.29 is 27.8 Å². The largest absolute Gasteiger partial charge is 0.482 e. The summed E-state index contributed by atoms with van der Waals surface area (Å²) in [6.07, 6.45) is -4.34. The Labute approximate surface area is 180 Å². The molecule has 0 amide bonds. The Kier molecular flexibility index (Phi) is 6.92. The minimum Gasteiger partial charge on any atom is -0.482 e. The van der Waals surface area contributed by atoms with Gasteiger partial charge in [-0.3, -0.25) is 0 Å². The molecule has 1 heterocycles. The number of carbonyl (C=O) groups is 1. The number of aliphatic carboxylic acids is 1. The van der Waals surface area contributed by atoms with E-state index in [1.165, 1.54) is 12.1 Å². The molecule has 30 heavy (non-hydrogen) atoms. The second kappa shape index (κ2) is 9.26. The second-order valence-corrected chi connectivity index (χ2v) is 8.96. The van der Waals surface area contributed by atoms with Crippen LogP contribution in [0.5, 0.6) is 5.75 Å². The molecule has 0 aromatic heterocycles. The van der Waals surface area contributed by atoms with E-state index in [1.807, 2.05) is 26.0 Å². The average molecular weight is 456 g/mol. The Balaban J connectivity index is 1.58. The van der Waals surface area contributed by atoms with Crippen molar-refractivity contribution in [3.63, 3.8) is 0 Å². The number of halogens is 3. The van der Waals surface area contributed by atoms with Gasteiger partial charge in [0.2, 0.25) is 0 Å². The van der Waals surface area contributed by atoms with Crippen molar-refractivity contribution in [2.24, 2.45) is 0 Å².